The van der Waals surface area contributed by atoms with E-state index >= 15 is 0 Å². The zero-order chi connectivity index (χ0) is 11.1. The Morgan fingerprint density at radius 1 is 1.00 bits per heavy atom. The molecule has 1 saturated heterocycles. The van der Waals surface area contributed by atoms with E-state index in [1.807, 2.05) is 0 Å². The lowest BCUT2D eigenvalue weighted by Crippen LogP contribution is -2.44. The molecule has 1 heterocycles. The van der Waals surface area contributed by atoms with Crippen molar-refractivity contribution in [1.29, 1.82) is 0 Å². The second-order valence-electron chi connectivity index (χ2n) is 5.07. The Bertz CT molecular complexity index is 149. The van der Waals surface area contributed by atoms with Gasteiger partial charge in [0.15, 0.2) is 0 Å². The number of rotatable bonds is 6. The third kappa shape index (κ3) is 4.52. The fourth-order valence-electron chi connectivity index (χ4n) is 2.71. The third-order valence-corrected chi connectivity index (χ3v) is 3.75. The molecule has 0 radical (unpaired) electrons. The Hall–Kier alpha value is -0.0800. The molecule has 90 valence electrons. The van der Waals surface area contributed by atoms with Gasteiger partial charge in [0.1, 0.15) is 0 Å². The van der Waals surface area contributed by atoms with Gasteiger partial charge in [-0.05, 0) is 52.6 Å². The van der Waals surface area contributed by atoms with E-state index in [4.69, 9.17) is 5.73 Å². The molecule has 0 aromatic rings. The average molecular weight is 212 g/mol. The molecule has 0 saturated carbocycles. The summed E-state index contributed by atoms with van der Waals surface area (Å²) in [4.78, 5) is 2.70. The average Bonchev–Trinajstić information content (AvgIpc) is 2.21. The van der Waals surface area contributed by atoms with Crippen LogP contribution in [0.15, 0.2) is 0 Å². The molecule has 2 heteroatoms. The topological polar surface area (TPSA) is 29.3 Å². The van der Waals surface area contributed by atoms with Crippen molar-refractivity contribution >= 4 is 0 Å². The largest absolute Gasteiger partial charge is 0.330 e. The van der Waals surface area contributed by atoms with E-state index in [1.165, 1.54) is 51.5 Å². The quantitative estimate of drug-likeness (QED) is 0.686. The van der Waals surface area contributed by atoms with Crippen LogP contribution in [0.1, 0.15) is 58.8 Å². The van der Waals surface area contributed by atoms with Gasteiger partial charge in [-0.1, -0.05) is 19.3 Å². The minimum atomic E-state index is 0.809. The summed E-state index contributed by atoms with van der Waals surface area (Å²) in [7, 11) is 0. The van der Waals surface area contributed by atoms with Crippen molar-refractivity contribution in [3.63, 3.8) is 0 Å². The van der Waals surface area contributed by atoms with E-state index in [0.29, 0.717) is 0 Å². The van der Waals surface area contributed by atoms with E-state index < -0.39 is 0 Å². The van der Waals surface area contributed by atoms with Gasteiger partial charge in [-0.2, -0.15) is 0 Å². The van der Waals surface area contributed by atoms with Crippen LogP contribution < -0.4 is 5.73 Å². The van der Waals surface area contributed by atoms with Gasteiger partial charge in [0.2, 0.25) is 0 Å². The molecule has 15 heavy (non-hydrogen) atoms. The van der Waals surface area contributed by atoms with Gasteiger partial charge in [-0.3, -0.25) is 4.90 Å². The molecule has 1 rings (SSSR count). The molecule has 0 aromatic heterocycles. The predicted octanol–water partition coefficient (Wildman–Crippen LogP) is 2.77. The molecule has 0 spiro atoms. The van der Waals surface area contributed by atoms with E-state index in [-0.39, 0.29) is 0 Å². The molecule has 2 atom stereocenters. The van der Waals surface area contributed by atoms with Crippen molar-refractivity contribution in [3.8, 4) is 0 Å². The van der Waals surface area contributed by atoms with Crippen molar-refractivity contribution in [1.82, 2.24) is 4.90 Å². The molecule has 0 amide bonds. The van der Waals surface area contributed by atoms with Gasteiger partial charge in [0, 0.05) is 12.1 Å². The highest BCUT2D eigenvalue weighted by atomic mass is 15.2. The maximum atomic E-state index is 5.49. The number of unbranched alkanes of at least 4 members (excludes halogenated alkanes) is 3. The molecule has 1 aliphatic heterocycles. The van der Waals surface area contributed by atoms with Gasteiger partial charge in [-0.15, -0.1) is 0 Å². The second kappa shape index (κ2) is 7.24. The van der Waals surface area contributed by atoms with E-state index in [2.05, 4.69) is 18.7 Å². The van der Waals surface area contributed by atoms with Crippen molar-refractivity contribution in [2.75, 3.05) is 13.1 Å². The standard InChI is InChI=1S/C13H28N2/c1-12-8-7-9-13(2)15(12)11-6-4-3-5-10-14/h12-13H,3-11,14H2,1-2H3/t12-,13+. The van der Waals surface area contributed by atoms with Gasteiger partial charge in [0.25, 0.3) is 0 Å². The maximum Gasteiger partial charge on any atom is 0.00697 e. The SMILES string of the molecule is C[C@@H]1CCC[C@H](C)N1CCCCCCN. The summed E-state index contributed by atoms with van der Waals surface area (Å²) in [5, 5.41) is 0. The number of hydrogen-bond acceptors (Lipinski definition) is 2. The number of likely N-dealkylation sites (tertiary alicyclic amines) is 1. The molecular formula is C13H28N2. The second-order valence-corrected chi connectivity index (χ2v) is 5.07. The zero-order valence-corrected chi connectivity index (χ0v) is 10.5. The molecule has 0 aliphatic carbocycles. The Morgan fingerprint density at radius 3 is 2.20 bits per heavy atom. The zero-order valence-electron chi connectivity index (χ0n) is 10.5. The molecule has 0 aromatic carbocycles. The van der Waals surface area contributed by atoms with Gasteiger partial charge in [0.05, 0.1) is 0 Å². The molecule has 2 N–H and O–H groups in total. The van der Waals surface area contributed by atoms with Crippen LogP contribution in [-0.2, 0) is 0 Å². The first-order valence-electron chi connectivity index (χ1n) is 6.71. The summed E-state index contributed by atoms with van der Waals surface area (Å²) in [6, 6.07) is 1.62. The van der Waals surface area contributed by atoms with Crippen LogP contribution in [0.4, 0.5) is 0 Å². The van der Waals surface area contributed by atoms with Gasteiger partial charge >= 0.3 is 0 Å². The molecular weight excluding hydrogens is 184 g/mol. The van der Waals surface area contributed by atoms with Crippen LogP contribution in [0.3, 0.4) is 0 Å². The minimum absolute atomic E-state index is 0.809. The number of nitrogens with zero attached hydrogens (tertiary/aromatic N) is 1. The minimum Gasteiger partial charge on any atom is -0.330 e. The summed E-state index contributed by atoms with van der Waals surface area (Å²) in [6.45, 7) is 6.93. The first-order valence-corrected chi connectivity index (χ1v) is 6.71. The van der Waals surface area contributed by atoms with Crippen LogP contribution in [0.5, 0.6) is 0 Å². The maximum absolute atomic E-state index is 5.49. The van der Waals surface area contributed by atoms with Crippen molar-refractivity contribution < 1.29 is 0 Å². The van der Waals surface area contributed by atoms with E-state index in [0.717, 1.165) is 18.6 Å². The monoisotopic (exact) mass is 212 g/mol. The van der Waals surface area contributed by atoms with Crippen molar-refractivity contribution in [2.24, 2.45) is 5.73 Å². The lowest BCUT2D eigenvalue weighted by atomic mass is 9.97. The molecule has 1 fully saturated rings. The van der Waals surface area contributed by atoms with Crippen LogP contribution in [0.2, 0.25) is 0 Å². The highest BCUT2D eigenvalue weighted by Crippen LogP contribution is 2.22. The third-order valence-electron chi connectivity index (χ3n) is 3.75. The molecule has 1 aliphatic rings. The summed E-state index contributed by atoms with van der Waals surface area (Å²) in [5.41, 5.74) is 5.49. The normalized spacial score (nSPS) is 28.2. The number of piperidine rings is 1. The highest BCUT2D eigenvalue weighted by Gasteiger charge is 2.23. The summed E-state index contributed by atoms with van der Waals surface area (Å²) < 4.78 is 0. The van der Waals surface area contributed by atoms with Crippen LogP contribution >= 0.6 is 0 Å². The van der Waals surface area contributed by atoms with E-state index in [9.17, 15) is 0 Å². The Balaban J connectivity index is 2.12. The first kappa shape index (κ1) is 13.0. The fraction of sp³-hybridized carbons (Fsp3) is 1.00. The van der Waals surface area contributed by atoms with Gasteiger partial charge < -0.3 is 5.73 Å². The lowest BCUT2D eigenvalue weighted by Gasteiger charge is -2.39. The Morgan fingerprint density at radius 2 is 1.60 bits per heavy atom. The van der Waals surface area contributed by atoms with Crippen molar-refractivity contribution in [2.45, 2.75) is 70.9 Å². The first-order chi connectivity index (χ1) is 7.25. The number of hydrogen-bond donors (Lipinski definition) is 1. The fourth-order valence-corrected chi connectivity index (χ4v) is 2.71. The Kier molecular flexibility index (Phi) is 6.26. The summed E-state index contributed by atoms with van der Waals surface area (Å²) >= 11 is 0. The Labute approximate surface area is 95.2 Å². The summed E-state index contributed by atoms with van der Waals surface area (Å²) in [5.74, 6) is 0. The van der Waals surface area contributed by atoms with Crippen LogP contribution in [-0.4, -0.2) is 30.1 Å². The molecule has 2 nitrogen and oxygen atoms in total. The van der Waals surface area contributed by atoms with Crippen LogP contribution in [0, 0.1) is 0 Å². The molecule has 0 unspecified atom stereocenters. The molecule has 0 bridgehead atoms. The number of nitrogens with two attached hydrogens (primary N) is 1. The smallest absolute Gasteiger partial charge is 0.00697 e. The predicted molar refractivity (Wildman–Crippen MR) is 67.0 cm³/mol. The highest BCUT2D eigenvalue weighted by molar-refractivity contribution is 4.79. The van der Waals surface area contributed by atoms with Crippen molar-refractivity contribution in [3.05, 3.63) is 0 Å². The van der Waals surface area contributed by atoms with Crippen LogP contribution in [0.25, 0.3) is 0 Å². The van der Waals surface area contributed by atoms with E-state index in [1.54, 1.807) is 0 Å². The summed E-state index contributed by atoms with van der Waals surface area (Å²) in [6.07, 6.45) is 9.44. The van der Waals surface area contributed by atoms with Gasteiger partial charge in [-0.25, -0.2) is 0 Å². The lowest BCUT2D eigenvalue weighted by molar-refractivity contribution is 0.101.